The number of halogens is 1. The summed E-state index contributed by atoms with van der Waals surface area (Å²) in [5, 5.41) is 2.94. The standard InChI is InChI=1S/C22H31FN4O2/c1-4-13-27(14-5-2)20(29)11-7-10-19(28)25-21(22-24-12-15-26(22)3)17-8-6-9-18(23)16-17/h6,8-9,12,15-16,21H,4-5,7,10-11,13-14H2,1-3H3,(H,25,28). The molecule has 1 heterocycles. The molecule has 0 saturated heterocycles. The highest BCUT2D eigenvalue weighted by Crippen LogP contribution is 2.21. The Kier molecular flexibility index (Phi) is 8.83. The maximum absolute atomic E-state index is 13.7. The molecule has 0 bridgehead atoms. The Morgan fingerprint density at radius 2 is 1.93 bits per heavy atom. The minimum Gasteiger partial charge on any atom is -0.343 e. The van der Waals surface area contributed by atoms with E-state index >= 15 is 0 Å². The Morgan fingerprint density at radius 3 is 2.52 bits per heavy atom. The summed E-state index contributed by atoms with van der Waals surface area (Å²) >= 11 is 0. The maximum Gasteiger partial charge on any atom is 0.222 e. The summed E-state index contributed by atoms with van der Waals surface area (Å²) < 4.78 is 15.5. The number of aromatic nitrogens is 2. The molecule has 0 aliphatic heterocycles. The number of nitrogens with one attached hydrogen (secondary N) is 1. The van der Waals surface area contributed by atoms with Gasteiger partial charge in [0.2, 0.25) is 11.8 Å². The lowest BCUT2D eigenvalue weighted by atomic mass is 10.1. The Morgan fingerprint density at radius 1 is 1.21 bits per heavy atom. The van der Waals surface area contributed by atoms with Crippen LogP contribution in [0.5, 0.6) is 0 Å². The molecule has 0 spiro atoms. The van der Waals surface area contributed by atoms with Crippen molar-refractivity contribution in [2.75, 3.05) is 13.1 Å². The molecule has 7 heteroatoms. The van der Waals surface area contributed by atoms with Crippen LogP contribution in [-0.2, 0) is 16.6 Å². The molecule has 2 aromatic rings. The van der Waals surface area contributed by atoms with Gasteiger partial charge in [-0.1, -0.05) is 26.0 Å². The third-order valence-electron chi connectivity index (χ3n) is 4.74. The van der Waals surface area contributed by atoms with Crippen molar-refractivity contribution >= 4 is 11.8 Å². The number of amides is 2. The number of benzene rings is 1. The summed E-state index contributed by atoms with van der Waals surface area (Å²) in [5.41, 5.74) is 0.626. The van der Waals surface area contributed by atoms with E-state index < -0.39 is 6.04 Å². The van der Waals surface area contributed by atoms with Gasteiger partial charge in [-0.05, 0) is 37.0 Å². The Labute approximate surface area is 172 Å². The molecule has 158 valence electrons. The number of hydrogen-bond acceptors (Lipinski definition) is 3. The quantitative estimate of drug-likeness (QED) is 0.625. The van der Waals surface area contributed by atoms with E-state index in [2.05, 4.69) is 10.3 Å². The molecule has 0 radical (unpaired) electrons. The molecule has 2 amide bonds. The van der Waals surface area contributed by atoms with Gasteiger partial charge in [-0.3, -0.25) is 9.59 Å². The summed E-state index contributed by atoms with van der Waals surface area (Å²) in [4.78, 5) is 31.1. The molecule has 29 heavy (non-hydrogen) atoms. The number of rotatable bonds is 11. The first kappa shape index (κ1) is 22.6. The molecule has 0 aliphatic rings. The number of nitrogens with zero attached hydrogens (tertiary/aromatic N) is 3. The number of aryl methyl sites for hydroxylation is 1. The molecule has 2 rings (SSSR count). The van der Waals surface area contributed by atoms with Crippen LogP contribution in [0.4, 0.5) is 4.39 Å². The largest absolute Gasteiger partial charge is 0.343 e. The van der Waals surface area contributed by atoms with Crippen LogP contribution >= 0.6 is 0 Å². The van der Waals surface area contributed by atoms with Gasteiger partial charge in [-0.15, -0.1) is 0 Å². The highest BCUT2D eigenvalue weighted by molar-refractivity contribution is 5.79. The predicted molar refractivity (Wildman–Crippen MR) is 111 cm³/mol. The molecule has 6 nitrogen and oxygen atoms in total. The molecule has 1 unspecified atom stereocenters. The Bertz CT molecular complexity index is 800. The molecular formula is C22H31FN4O2. The summed E-state index contributed by atoms with van der Waals surface area (Å²) in [6.45, 7) is 5.60. The monoisotopic (exact) mass is 402 g/mol. The average molecular weight is 403 g/mol. The van der Waals surface area contributed by atoms with Crippen molar-refractivity contribution in [3.8, 4) is 0 Å². The maximum atomic E-state index is 13.7. The van der Waals surface area contributed by atoms with Gasteiger partial charge in [-0.2, -0.15) is 0 Å². The van der Waals surface area contributed by atoms with E-state index in [1.54, 1.807) is 29.1 Å². The topological polar surface area (TPSA) is 67.2 Å². The Balaban J connectivity index is 1.98. The first-order valence-corrected chi connectivity index (χ1v) is 10.3. The van der Waals surface area contributed by atoms with E-state index in [4.69, 9.17) is 0 Å². The fraction of sp³-hybridized carbons (Fsp3) is 0.500. The SMILES string of the molecule is CCCN(CCC)C(=O)CCCC(=O)NC(c1cccc(F)c1)c1nccn1C. The summed E-state index contributed by atoms with van der Waals surface area (Å²) in [7, 11) is 1.83. The average Bonchev–Trinajstić information content (AvgIpc) is 3.11. The minimum atomic E-state index is -0.550. The summed E-state index contributed by atoms with van der Waals surface area (Å²) in [5.74, 6) is 0.158. The van der Waals surface area contributed by atoms with Crippen molar-refractivity contribution in [2.45, 2.75) is 52.0 Å². The number of carbonyl (C=O) groups excluding carboxylic acids is 2. The van der Waals surface area contributed by atoms with Crippen LogP contribution in [0.25, 0.3) is 0 Å². The highest BCUT2D eigenvalue weighted by atomic mass is 19.1. The molecule has 1 N–H and O–H groups in total. The summed E-state index contributed by atoms with van der Waals surface area (Å²) in [6, 6.07) is 5.59. The van der Waals surface area contributed by atoms with Gasteiger partial charge in [0.05, 0.1) is 0 Å². The van der Waals surface area contributed by atoms with Gasteiger partial charge in [0.1, 0.15) is 17.7 Å². The second-order valence-electron chi connectivity index (χ2n) is 7.19. The highest BCUT2D eigenvalue weighted by Gasteiger charge is 2.21. The van der Waals surface area contributed by atoms with Crippen molar-refractivity contribution in [2.24, 2.45) is 7.05 Å². The lowest BCUT2D eigenvalue weighted by Gasteiger charge is -2.22. The van der Waals surface area contributed by atoms with E-state index in [1.165, 1.54) is 12.1 Å². The molecule has 1 aromatic carbocycles. The zero-order valence-electron chi connectivity index (χ0n) is 17.5. The molecular weight excluding hydrogens is 371 g/mol. The lowest BCUT2D eigenvalue weighted by molar-refractivity contribution is -0.131. The summed E-state index contributed by atoms with van der Waals surface area (Å²) in [6.07, 6.45) is 6.32. The molecule has 0 saturated carbocycles. The van der Waals surface area contributed by atoms with Crippen LogP contribution < -0.4 is 5.32 Å². The molecule has 0 aliphatic carbocycles. The molecule has 0 fully saturated rings. The van der Waals surface area contributed by atoms with E-state index in [-0.39, 0.29) is 24.1 Å². The van der Waals surface area contributed by atoms with Crippen LogP contribution in [0.1, 0.15) is 63.4 Å². The van der Waals surface area contributed by atoms with Crippen molar-refractivity contribution in [1.29, 1.82) is 0 Å². The second-order valence-corrected chi connectivity index (χ2v) is 7.19. The van der Waals surface area contributed by atoms with Gasteiger partial charge >= 0.3 is 0 Å². The normalized spacial score (nSPS) is 11.9. The fourth-order valence-corrected chi connectivity index (χ4v) is 3.33. The van der Waals surface area contributed by atoms with Crippen LogP contribution in [0.15, 0.2) is 36.7 Å². The number of imidazole rings is 1. The molecule has 1 aromatic heterocycles. The van der Waals surface area contributed by atoms with Crippen LogP contribution in [0.3, 0.4) is 0 Å². The van der Waals surface area contributed by atoms with Crippen molar-refractivity contribution in [3.63, 3.8) is 0 Å². The van der Waals surface area contributed by atoms with E-state index in [9.17, 15) is 14.0 Å². The molecule has 1 atom stereocenters. The zero-order chi connectivity index (χ0) is 21.2. The third kappa shape index (κ3) is 6.69. The van der Waals surface area contributed by atoms with Crippen molar-refractivity contribution in [1.82, 2.24) is 19.8 Å². The second kappa shape index (κ2) is 11.3. The van der Waals surface area contributed by atoms with Gasteiger partial charge < -0.3 is 14.8 Å². The zero-order valence-corrected chi connectivity index (χ0v) is 17.5. The smallest absolute Gasteiger partial charge is 0.222 e. The fourth-order valence-electron chi connectivity index (χ4n) is 3.33. The van der Waals surface area contributed by atoms with Crippen LogP contribution in [0.2, 0.25) is 0 Å². The Hall–Kier alpha value is -2.70. The lowest BCUT2D eigenvalue weighted by Crippen LogP contribution is -2.33. The van der Waals surface area contributed by atoms with E-state index in [1.807, 2.05) is 25.8 Å². The first-order chi connectivity index (χ1) is 14.0. The van der Waals surface area contributed by atoms with Gasteiger partial charge in [0, 0.05) is 45.4 Å². The van der Waals surface area contributed by atoms with Crippen molar-refractivity contribution < 1.29 is 14.0 Å². The van der Waals surface area contributed by atoms with Gasteiger partial charge in [0.25, 0.3) is 0 Å². The van der Waals surface area contributed by atoms with Crippen molar-refractivity contribution in [3.05, 3.63) is 53.9 Å². The van der Waals surface area contributed by atoms with E-state index in [0.29, 0.717) is 24.2 Å². The number of carbonyl (C=O) groups is 2. The predicted octanol–water partition coefficient (Wildman–Crippen LogP) is 3.58. The van der Waals surface area contributed by atoms with Crippen LogP contribution in [0, 0.1) is 5.82 Å². The first-order valence-electron chi connectivity index (χ1n) is 10.3. The van der Waals surface area contributed by atoms with Gasteiger partial charge in [0.15, 0.2) is 0 Å². The van der Waals surface area contributed by atoms with E-state index in [0.717, 1.165) is 25.9 Å². The minimum absolute atomic E-state index is 0.0901. The van der Waals surface area contributed by atoms with Gasteiger partial charge in [-0.25, -0.2) is 9.37 Å². The third-order valence-corrected chi connectivity index (χ3v) is 4.74. The number of hydrogen-bond donors (Lipinski definition) is 1. The van der Waals surface area contributed by atoms with Crippen LogP contribution in [-0.4, -0.2) is 39.4 Å².